The van der Waals surface area contributed by atoms with E-state index in [-0.39, 0.29) is 0 Å². The van der Waals surface area contributed by atoms with Gasteiger partial charge in [-0.1, -0.05) is 13.8 Å². The first kappa shape index (κ1) is 16.9. The van der Waals surface area contributed by atoms with Crippen LogP contribution in [0.15, 0.2) is 16.3 Å². The SMILES string of the molecule is CC(C)NCCc1ccc(S(=O)(=O)N2CCCOCC2)s1. The summed E-state index contributed by atoms with van der Waals surface area (Å²) in [6.45, 7) is 7.19. The van der Waals surface area contributed by atoms with E-state index in [0.29, 0.717) is 36.6 Å². The molecule has 1 aliphatic rings. The summed E-state index contributed by atoms with van der Waals surface area (Å²) in [5, 5.41) is 3.34. The van der Waals surface area contributed by atoms with Gasteiger partial charge in [0.05, 0.1) is 6.61 Å². The summed E-state index contributed by atoms with van der Waals surface area (Å²) >= 11 is 1.38. The van der Waals surface area contributed by atoms with Crippen molar-refractivity contribution < 1.29 is 13.2 Å². The smallest absolute Gasteiger partial charge is 0.252 e. The zero-order valence-corrected chi connectivity index (χ0v) is 14.3. The second-order valence-corrected chi connectivity index (χ2v) is 8.78. The van der Waals surface area contributed by atoms with Crippen LogP contribution in [0.25, 0.3) is 0 Å². The summed E-state index contributed by atoms with van der Waals surface area (Å²) in [5.74, 6) is 0. The van der Waals surface area contributed by atoms with E-state index < -0.39 is 10.0 Å². The first-order valence-electron chi connectivity index (χ1n) is 7.40. The third-order valence-electron chi connectivity index (χ3n) is 3.34. The predicted octanol–water partition coefficient (Wildman–Crippen LogP) is 1.70. The van der Waals surface area contributed by atoms with E-state index in [1.165, 1.54) is 11.3 Å². The van der Waals surface area contributed by atoms with Gasteiger partial charge in [0.2, 0.25) is 0 Å². The van der Waals surface area contributed by atoms with Gasteiger partial charge in [0, 0.05) is 37.2 Å². The van der Waals surface area contributed by atoms with E-state index >= 15 is 0 Å². The van der Waals surface area contributed by atoms with Gasteiger partial charge in [-0.3, -0.25) is 0 Å². The van der Waals surface area contributed by atoms with Crippen molar-refractivity contribution >= 4 is 21.4 Å². The molecular formula is C14H24N2O3S2. The van der Waals surface area contributed by atoms with Crippen molar-refractivity contribution in [1.82, 2.24) is 9.62 Å². The largest absolute Gasteiger partial charge is 0.380 e. The monoisotopic (exact) mass is 332 g/mol. The third-order valence-corrected chi connectivity index (χ3v) is 6.85. The van der Waals surface area contributed by atoms with Crippen molar-refractivity contribution in [3.63, 3.8) is 0 Å². The quantitative estimate of drug-likeness (QED) is 0.861. The number of hydrogen-bond acceptors (Lipinski definition) is 5. The summed E-state index contributed by atoms with van der Waals surface area (Å²) in [5.41, 5.74) is 0. The van der Waals surface area contributed by atoms with Gasteiger partial charge in [0.25, 0.3) is 10.0 Å². The highest BCUT2D eigenvalue weighted by atomic mass is 32.2. The molecule has 0 aromatic carbocycles. The fraction of sp³-hybridized carbons (Fsp3) is 0.714. The lowest BCUT2D eigenvalue weighted by molar-refractivity contribution is 0.148. The van der Waals surface area contributed by atoms with Crippen LogP contribution in [0.4, 0.5) is 0 Å². The Hall–Kier alpha value is -0.470. The van der Waals surface area contributed by atoms with Crippen molar-refractivity contribution in [2.45, 2.75) is 36.9 Å². The van der Waals surface area contributed by atoms with Crippen LogP contribution in [0.5, 0.6) is 0 Å². The lowest BCUT2D eigenvalue weighted by Crippen LogP contribution is -2.32. The highest BCUT2D eigenvalue weighted by molar-refractivity contribution is 7.91. The minimum atomic E-state index is -3.35. The third kappa shape index (κ3) is 4.75. The molecule has 0 spiro atoms. The number of sulfonamides is 1. The second-order valence-electron chi connectivity index (χ2n) is 5.45. The Labute approximate surface area is 131 Å². The molecule has 1 saturated heterocycles. The number of hydrogen-bond donors (Lipinski definition) is 1. The van der Waals surface area contributed by atoms with Crippen molar-refractivity contribution in [2.24, 2.45) is 0 Å². The molecule has 1 N–H and O–H groups in total. The summed E-state index contributed by atoms with van der Waals surface area (Å²) in [4.78, 5) is 1.10. The first-order chi connectivity index (χ1) is 10.00. The topological polar surface area (TPSA) is 58.6 Å². The molecule has 0 amide bonds. The average Bonchev–Trinajstić information content (AvgIpc) is 2.73. The molecular weight excluding hydrogens is 308 g/mol. The molecule has 2 heterocycles. The zero-order chi connectivity index (χ0) is 15.3. The normalized spacial score (nSPS) is 18.0. The van der Waals surface area contributed by atoms with Gasteiger partial charge in [-0.05, 0) is 25.0 Å². The Bertz CT molecular complexity index is 532. The molecule has 7 heteroatoms. The number of rotatable bonds is 6. The van der Waals surface area contributed by atoms with Gasteiger partial charge in [-0.25, -0.2) is 8.42 Å². The van der Waals surface area contributed by atoms with Crippen LogP contribution in [0.2, 0.25) is 0 Å². The van der Waals surface area contributed by atoms with E-state index in [4.69, 9.17) is 4.74 Å². The molecule has 0 unspecified atom stereocenters. The predicted molar refractivity (Wildman–Crippen MR) is 85.4 cm³/mol. The molecule has 5 nitrogen and oxygen atoms in total. The Morgan fingerprint density at radius 1 is 1.33 bits per heavy atom. The lowest BCUT2D eigenvalue weighted by Gasteiger charge is -2.17. The average molecular weight is 332 g/mol. The van der Waals surface area contributed by atoms with E-state index in [1.54, 1.807) is 10.4 Å². The minimum Gasteiger partial charge on any atom is -0.380 e. The molecule has 21 heavy (non-hydrogen) atoms. The van der Waals surface area contributed by atoms with E-state index in [0.717, 1.165) is 24.3 Å². The summed E-state index contributed by atoms with van der Waals surface area (Å²) < 4.78 is 32.5. The fourth-order valence-electron chi connectivity index (χ4n) is 2.21. The summed E-state index contributed by atoms with van der Waals surface area (Å²) in [6, 6.07) is 4.11. The molecule has 0 bridgehead atoms. The van der Waals surface area contributed by atoms with Gasteiger partial charge in [-0.15, -0.1) is 11.3 Å². The molecule has 1 aromatic rings. The second kappa shape index (κ2) is 7.69. The van der Waals surface area contributed by atoms with Crippen LogP contribution >= 0.6 is 11.3 Å². The molecule has 2 rings (SSSR count). The van der Waals surface area contributed by atoms with Gasteiger partial charge in [-0.2, -0.15) is 4.31 Å². The molecule has 0 saturated carbocycles. The summed E-state index contributed by atoms with van der Waals surface area (Å²) in [7, 11) is -3.35. The maximum atomic E-state index is 12.6. The van der Waals surface area contributed by atoms with Crippen molar-refractivity contribution in [3.8, 4) is 0 Å². The van der Waals surface area contributed by atoms with Crippen LogP contribution in [0, 0.1) is 0 Å². The zero-order valence-electron chi connectivity index (χ0n) is 12.7. The van der Waals surface area contributed by atoms with Crippen molar-refractivity contribution in [3.05, 3.63) is 17.0 Å². The van der Waals surface area contributed by atoms with Crippen molar-refractivity contribution in [2.75, 3.05) is 32.8 Å². The maximum Gasteiger partial charge on any atom is 0.252 e. The van der Waals surface area contributed by atoms with E-state index in [1.807, 2.05) is 6.07 Å². The van der Waals surface area contributed by atoms with Crippen LogP contribution in [0.3, 0.4) is 0 Å². The number of ether oxygens (including phenoxy) is 1. The molecule has 1 fully saturated rings. The summed E-state index contributed by atoms with van der Waals surface area (Å²) in [6.07, 6.45) is 1.62. The lowest BCUT2D eigenvalue weighted by atomic mass is 10.3. The van der Waals surface area contributed by atoms with E-state index in [9.17, 15) is 8.42 Å². The molecule has 0 radical (unpaired) electrons. The number of nitrogens with one attached hydrogen (secondary N) is 1. The molecule has 1 aliphatic heterocycles. The van der Waals surface area contributed by atoms with Gasteiger partial charge >= 0.3 is 0 Å². The highest BCUT2D eigenvalue weighted by Crippen LogP contribution is 2.25. The first-order valence-corrected chi connectivity index (χ1v) is 9.66. The van der Waals surface area contributed by atoms with Gasteiger partial charge in [0.1, 0.15) is 4.21 Å². The Morgan fingerprint density at radius 3 is 2.90 bits per heavy atom. The van der Waals surface area contributed by atoms with Crippen LogP contribution in [0.1, 0.15) is 25.1 Å². The van der Waals surface area contributed by atoms with Gasteiger partial charge < -0.3 is 10.1 Å². The fourth-order valence-corrected chi connectivity index (χ4v) is 5.18. The van der Waals surface area contributed by atoms with Crippen LogP contribution < -0.4 is 5.32 Å². The highest BCUT2D eigenvalue weighted by Gasteiger charge is 2.26. The van der Waals surface area contributed by atoms with E-state index in [2.05, 4.69) is 19.2 Å². The maximum absolute atomic E-state index is 12.6. The van der Waals surface area contributed by atoms with Crippen molar-refractivity contribution in [1.29, 1.82) is 0 Å². The number of thiophene rings is 1. The van der Waals surface area contributed by atoms with Gasteiger partial charge in [0.15, 0.2) is 0 Å². The minimum absolute atomic E-state index is 0.448. The van der Waals surface area contributed by atoms with Crippen LogP contribution in [-0.4, -0.2) is 51.6 Å². The Balaban J connectivity index is 2.01. The number of nitrogens with zero attached hydrogens (tertiary/aromatic N) is 1. The Morgan fingerprint density at radius 2 is 2.14 bits per heavy atom. The molecule has 1 aromatic heterocycles. The Kier molecular flexibility index (Phi) is 6.19. The molecule has 0 atom stereocenters. The molecule has 0 aliphatic carbocycles. The molecule has 120 valence electrons. The van der Waals surface area contributed by atoms with Crippen LogP contribution in [-0.2, 0) is 21.2 Å². The standard InChI is InChI=1S/C14H24N2O3S2/c1-12(2)15-7-6-13-4-5-14(20-13)21(17,18)16-8-3-10-19-11-9-16/h4-5,12,15H,3,6-11H2,1-2H3.